The molecule has 2 nitrogen and oxygen atoms in total. The largest absolute Gasteiger partial charge is 0.388 e. The van der Waals surface area contributed by atoms with Crippen LogP contribution in [0.1, 0.15) is 22.3 Å². The minimum absolute atomic E-state index is 0.670. The number of nitrogens with zero attached hydrogens (tertiary/aromatic N) is 1. The summed E-state index contributed by atoms with van der Waals surface area (Å²) >= 11 is 0. The maximum Gasteiger partial charge on any atom is 0.292 e. The van der Waals surface area contributed by atoms with Crippen molar-refractivity contribution in [3.05, 3.63) is 28.3 Å². The van der Waals surface area contributed by atoms with Gasteiger partial charge in [0.2, 0.25) is 0 Å². The standard InChI is InChI=1S/C11H13NO/c1-7-5-11(13-6-12)10(4)9(3)8(7)2/h5H,1-4H3. The Balaban J connectivity index is 3.34. The molecular weight excluding hydrogens is 162 g/mol. The fourth-order valence-electron chi connectivity index (χ4n) is 1.33. The van der Waals surface area contributed by atoms with Gasteiger partial charge >= 0.3 is 0 Å². The van der Waals surface area contributed by atoms with Gasteiger partial charge < -0.3 is 4.74 Å². The van der Waals surface area contributed by atoms with Gasteiger partial charge in [0.25, 0.3) is 6.26 Å². The van der Waals surface area contributed by atoms with Crippen molar-refractivity contribution in [3.8, 4) is 12.0 Å². The lowest BCUT2D eigenvalue weighted by Crippen LogP contribution is -1.95. The first-order valence-corrected chi connectivity index (χ1v) is 4.21. The van der Waals surface area contributed by atoms with E-state index in [1.165, 1.54) is 11.1 Å². The average molecular weight is 175 g/mol. The number of benzene rings is 1. The van der Waals surface area contributed by atoms with Crippen LogP contribution >= 0.6 is 0 Å². The Kier molecular flexibility index (Phi) is 2.57. The van der Waals surface area contributed by atoms with E-state index in [1.807, 2.05) is 26.8 Å². The summed E-state index contributed by atoms with van der Waals surface area (Å²) in [6.45, 7) is 8.11. The summed E-state index contributed by atoms with van der Waals surface area (Å²) in [4.78, 5) is 0. The predicted octanol–water partition coefficient (Wildman–Crippen LogP) is 2.78. The Morgan fingerprint density at radius 1 is 1.08 bits per heavy atom. The zero-order valence-corrected chi connectivity index (χ0v) is 8.43. The Morgan fingerprint density at radius 2 is 1.69 bits per heavy atom. The van der Waals surface area contributed by atoms with Crippen molar-refractivity contribution in [2.24, 2.45) is 0 Å². The van der Waals surface area contributed by atoms with E-state index in [0.29, 0.717) is 5.75 Å². The zero-order chi connectivity index (χ0) is 10.0. The van der Waals surface area contributed by atoms with Gasteiger partial charge in [0, 0.05) is 0 Å². The molecule has 0 N–H and O–H groups in total. The summed E-state index contributed by atoms with van der Waals surface area (Å²) < 4.78 is 4.86. The summed E-state index contributed by atoms with van der Waals surface area (Å²) in [5.41, 5.74) is 4.67. The van der Waals surface area contributed by atoms with Gasteiger partial charge in [-0.2, -0.15) is 0 Å². The molecule has 1 rings (SSSR count). The Bertz CT molecular complexity index is 375. The van der Waals surface area contributed by atoms with Gasteiger partial charge in [-0.3, -0.25) is 0 Å². The lowest BCUT2D eigenvalue weighted by atomic mass is 9.99. The minimum Gasteiger partial charge on any atom is -0.388 e. The molecule has 0 heterocycles. The lowest BCUT2D eigenvalue weighted by molar-refractivity contribution is 0.502. The molecule has 0 amide bonds. The molecule has 0 fully saturated rings. The van der Waals surface area contributed by atoms with Gasteiger partial charge in [-0.1, -0.05) is 0 Å². The molecule has 1 aromatic rings. The average Bonchev–Trinajstić information content (AvgIpc) is 2.11. The van der Waals surface area contributed by atoms with E-state index in [9.17, 15) is 0 Å². The van der Waals surface area contributed by atoms with Gasteiger partial charge in [0.15, 0.2) is 0 Å². The van der Waals surface area contributed by atoms with Gasteiger partial charge in [-0.05, 0) is 56.0 Å². The molecule has 0 bridgehead atoms. The fraction of sp³-hybridized carbons (Fsp3) is 0.364. The highest BCUT2D eigenvalue weighted by Gasteiger charge is 2.07. The first kappa shape index (κ1) is 9.60. The van der Waals surface area contributed by atoms with Crippen LogP contribution in [0.5, 0.6) is 5.75 Å². The van der Waals surface area contributed by atoms with Crippen LogP contribution in [0.3, 0.4) is 0 Å². The van der Waals surface area contributed by atoms with E-state index in [4.69, 9.17) is 10.00 Å². The van der Waals surface area contributed by atoms with Crippen LogP contribution in [0.4, 0.5) is 0 Å². The van der Waals surface area contributed by atoms with Crippen molar-refractivity contribution in [1.29, 1.82) is 5.26 Å². The third-order valence-electron chi connectivity index (χ3n) is 2.59. The molecule has 0 aliphatic heterocycles. The molecule has 13 heavy (non-hydrogen) atoms. The summed E-state index contributed by atoms with van der Waals surface area (Å²) in [7, 11) is 0. The third kappa shape index (κ3) is 1.65. The molecule has 0 spiro atoms. The number of hydrogen-bond donors (Lipinski definition) is 0. The topological polar surface area (TPSA) is 33.0 Å². The Labute approximate surface area is 78.8 Å². The van der Waals surface area contributed by atoms with Crippen LogP contribution < -0.4 is 4.74 Å². The number of aryl methyl sites for hydroxylation is 1. The highest BCUT2D eigenvalue weighted by Crippen LogP contribution is 2.26. The zero-order valence-electron chi connectivity index (χ0n) is 8.43. The summed E-state index contributed by atoms with van der Waals surface area (Å²) in [5.74, 6) is 0.670. The minimum atomic E-state index is 0.670. The van der Waals surface area contributed by atoms with Crippen LogP contribution in [0, 0.1) is 39.2 Å². The lowest BCUT2D eigenvalue weighted by Gasteiger charge is -2.11. The highest BCUT2D eigenvalue weighted by molar-refractivity contribution is 5.47. The predicted molar refractivity (Wildman–Crippen MR) is 51.6 cm³/mol. The molecule has 0 unspecified atom stereocenters. The molecule has 0 saturated heterocycles. The van der Waals surface area contributed by atoms with E-state index in [2.05, 4.69) is 6.92 Å². The monoisotopic (exact) mass is 175 g/mol. The number of rotatable bonds is 1. The van der Waals surface area contributed by atoms with E-state index in [-0.39, 0.29) is 0 Å². The highest BCUT2D eigenvalue weighted by atomic mass is 16.5. The quantitative estimate of drug-likeness (QED) is 0.615. The molecule has 2 heteroatoms. The summed E-state index contributed by atoms with van der Waals surface area (Å²) in [6, 6.07) is 1.90. The van der Waals surface area contributed by atoms with Crippen molar-refractivity contribution < 1.29 is 4.74 Å². The van der Waals surface area contributed by atoms with Gasteiger partial charge in [0.1, 0.15) is 5.75 Å². The first-order valence-electron chi connectivity index (χ1n) is 4.21. The maximum absolute atomic E-state index is 8.42. The van der Waals surface area contributed by atoms with E-state index in [1.54, 1.807) is 6.26 Å². The van der Waals surface area contributed by atoms with Crippen molar-refractivity contribution in [1.82, 2.24) is 0 Å². The van der Waals surface area contributed by atoms with Crippen LogP contribution in [0.15, 0.2) is 6.07 Å². The summed E-state index contributed by atoms with van der Waals surface area (Å²) in [6.07, 6.45) is 1.70. The molecule has 68 valence electrons. The van der Waals surface area contributed by atoms with Crippen LogP contribution in [-0.2, 0) is 0 Å². The normalized spacial score (nSPS) is 9.46. The second-order valence-electron chi connectivity index (χ2n) is 3.26. The second-order valence-corrected chi connectivity index (χ2v) is 3.26. The van der Waals surface area contributed by atoms with E-state index in [0.717, 1.165) is 11.1 Å². The van der Waals surface area contributed by atoms with Crippen LogP contribution in [0.2, 0.25) is 0 Å². The smallest absolute Gasteiger partial charge is 0.292 e. The first-order chi connectivity index (χ1) is 6.07. The van der Waals surface area contributed by atoms with E-state index < -0.39 is 0 Å². The number of hydrogen-bond acceptors (Lipinski definition) is 2. The third-order valence-corrected chi connectivity index (χ3v) is 2.59. The van der Waals surface area contributed by atoms with Crippen LogP contribution in [-0.4, -0.2) is 0 Å². The number of ether oxygens (including phenoxy) is 1. The van der Waals surface area contributed by atoms with Crippen molar-refractivity contribution >= 4 is 0 Å². The summed E-state index contributed by atoms with van der Waals surface area (Å²) in [5, 5.41) is 8.42. The maximum atomic E-state index is 8.42. The molecular formula is C11H13NO. The second kappa shape index (κ2) is 3.49. The SMILES string of the molecule is Cc1cc(OC#N)c(C)c(C)c1C. The Hall–Kier alpha value is -1.49. The molecule has 0 aliphatic carbocycles. The molecule has 0 saturated carbocycles. The molecule has 1 aromatic carbocycles. The van der Waals surface area contributed by atoms with Crippen molar-refractivity contribution in [2.75, 3.05) is 0 Å². The molecule has 0 atom stereocenters. The molecule has 0 radical (unpaired) electrons. The van der Waals surface area contributed by atoms with Gasteiger partial charge in [-0.15, -0.1) is 5.26 Å². The Morgan fingerprint density at radius 3 is 2.23 bits per heavy atom. The number of nitriles is 1. The van der Waals surface area contributed by atoms with Crippen molar-refractivity contribution in [2.45, 2.75) is 27.7 Å². The van der Waals surface area contributed by atoms with Crippen molar-refractivity contribution in [3.63, 3.8) is 0 Å². The molecule has 0 aliphatic rings. The van der Waals surface area contributed by atoms with E-state index >= 15 is 0 Å². The molecule has 0 aromatic heterocycles. The van der Waals surface area contributed by atoms with Gasteiger partial charge in [-0.25, -0.2) is 0 Å². The van der Waals surface area contributed by atoms with Crippen LogP contribution in [0.25, 0.3) is 0 Å². The van der Waals surface area contributed by atoms with Gasteiger partial charge in [0.05, 0.1) is 0 Å². The fourth-order valence-corrected chi connectivity index (χ4v) is 1.33.